The minimum atomic E-state index is -0.201. The number of rotatable bonds is 5. The second-order valence-corrected chi connectivity index (χ2v) is 8.74. The largest absolute Gasteiger partial charge is 0.353 e. The van der Waals surface area contributed by atoms with Crippen molar-refractivity contribution in [1.29, 1.82) is 0 Å². The van der Waals surface area contributed by atoms with Crippen molar-refractivity contribution >= 4 is 34.3 Å². The van der Waals surface area contributed by atoms with Gasteiger partial charge in [0.2, 0.25) is 11.9 Å². The third-order valence-corrected chi connectivity index (χ3v) is 6.14. The molecule has 1 fully saturated rings. The number of nitrogens with one attached hydrogen (secondary N) is 1. The van der Waals surface area contributed by atoms with Crippen molar-refractivity contribution in [3.63, 3.8) is 0 Å². The number of amides is 1. The summed E-state index contributed by atoms with van der Waals surface area (Å²) < 4.78 is 1.38. The maximum atomic E-state index is 12.9. The van der Waals surface area contributed by atoms with E-state index in [1.54, 1.807) is 23.1 Å². The van der Waals surface area contributed by atoms with Crippen molar-refractivity contribution in [2.75, 3.05) is 36.4 Å². The first-order valence-electron chi connectivity index (χ1n) is 11.6. The van der Waals surface area contributed by atoms with Gasteiger partial charge < -0.3 is 15.1 Å². The van der Waals surface area contributed by atoms with Crippen LogP contribution in [0.25, 0.3) is 10.9 Å². The molecule has 0 saturated carbocycles. The summed E-state index contributed by atoms with van der Waals surface area (Å²) in [5.74, 6) is 1.28. The highest BCUT2D eigenvalue weighted by molar-refractivity contribution is 5.79. The first kappa shape index (κ1) is 22.5. The van der Waals surface area contributed by atoms with E-state index in [1.807, 2.05) is 50.2 Å². The maximum absolute atomic E-state index is 12.9. The van der Waals surface area contributed by atoms with Crippen molar-refractivity contribution < 1.29 is 4.79 Å². The van der Waals surface area contributed by atoms with Gasteiger partial charge in [-0.25, -0.2) is 9.97 Å². The van der Waals surface area contributed by atoms with Gasteiger partial charge in [-0.3, -0.25) is 14.2 Å². The van der Waals surface area contributed by atoms with E-state index in [0.717, 1.165) is 17.2 Å². The van der Waals surface area contributed by atoms with Gasteiger partial charge in [-0.2, -0.15) is 4.98 Å². The molecule has 2 aromatic heterocycles. The first-order valence-corrected chi connectivity index (χ1v) is 11.6. The zero-order valence-corrected chi connectivity index (χ0v) is 19.8. The third kappa shape index (κ3) is 4.98. The molecule has 0 spiro atoms. The fourth-order valence-electron chi connectivity index (χ4n) is 4.19. The fraction of sp³-hybridized carbons (Fsp3) is 0.269. The summed E-state index contributed by atoms with van der Waals surface area (Å²) in [4.78, 5) is 43.1. The predicted molar refractivity (Wildman–Crippen MR) is 136 cm³/mol. The Balaban J connectivity index is 1.23. The van der Waals surface area contributed by atoms with Gasteiger partial charge in [0.15, 0.2) is 0 Å². The second-order valence-electron chi connectivity index (χ2n) is 8.74. The lowest BCUT2D eigenvalue weighted by atomic mass is 10.2. The van der Waals surface area contributed by atoms with Crippen molar-refractivity contribution in [1.82, 2.24) is 24.4 Å². The van der Waals surface area contributed by atoms with Crippen molar-refractivity contribution in [2.45, 2.75) is 20.4 Å². The highest BCUT2D eigenvalue weighted by Crippen LogP contribution is 2.20. The molecule has 35 heavy (non-hydrogen) atoms. The smallest absolute Gasteiger partial charge is 0.261 e. The number of para-hydroxylation sites is 1. The van der Waals surface area contributed by atoms with E-state index in [1.165, 1.54) is 16.5 Å². The molecule has 3 heterocycles. The highest BCUT2D eigenvalue weighted by atomic mass is 16.2. The molecular formula is C26H27N7O2. The first-order chi connectivity index (χ1) is 17.0. The molecule has 1 aliphatic heterocycles. The highest BCUT2D eigenvalue weighted by Gasteiger charge is 2.23. The van der Waals surface area contributed by atoms with E-state index in [9.17, 15) is 9.59 Å². The Hall–Kier alpha value is -4.27. The van der Waals surface area contributed by atoms with Gasteiger partial charge in [-0.15, -0.1) is 0 Å². The third-order valence-electron chi connectivity index (χ3n) is 6.14. The Morgan fingerprint density at radius 1 is 0.971 bits per heavy atom. The molecule has 1 saturated heterocycles. The second kappa shape index (κ2) is 9.54. The molecule has 0 unspecified atom stereocenters. The summed E-state index contributed by atoms with van der Waals surface area (Å²) in [5.41, 5.74) is 3.42. The SMILES string of the molecule is Cc1ccc(Nc2nc(C)cc(N3CCN(C(=O)Cn4cnc5ccccc5c4=O)CC3)n2)cc1. The summed E-state index contributed by atoms with van der Waals surface area (Å²) in [5, 5.41) is 3.79. The number of hydrogen-bond donors (Lipinski definition) is 1. The molecule has 2 aromatic carbocycles. The van der Waals surface area contributed by atoms with Gasteiger partial charge >= 0.3 is 0 Å². The number of aryl methyl sites for hydroxylation is 2. The minimum absolute atomic E-state index is 0.0199. The van der Waals surface area contributed by atoms with E-state index in [0.29, 0.717) is 43.0 Å². The predicted octanol–water partition coefficient (Wildman–Crippen LogP) is 2.90. The Labute approximate surface area is 203 Å². The topological polar surface area (TPSA) is 96.3 Å². The number of hydrogen-bond acceptors (Lipinski definition) is 7. The average Bonchev–Trinajstić information content (AvgIpc) is 2.87. The van der Waals surface area contributed by atoms with Crippen LogP contribution in [0.15, 0.2) is 65.7 Å². The van der Waals surface area contributed by atoms with Gasteiger partial charge in [-0.05, 0) is 38.1 Å². The molecule has 5 rings (SSSR count). The summed E-state index contributed by atoms with van der Waals surface area (Å²) in [6.45, 7) is 6.38. The quantitative estimate of drug-likeness (QED) is 0.480. The molecule has 0 aliphatic carbocycles. The summed E-state index contributed by atoms with van der Waals surface area (Å²) in [6, 6.07) is 17.2. The van der Waals surface area contributed by atoms with Crippen LogP contribution in [0.4, 0.5) is 17.5 Å². The number of anilines is 3. The summed E-state index contributed by atoms with van der Waals surface area (Å²) in [6.07, 6.45) is 1.45. The lowest BCUT2D eigenvalue weighted by molar-refractivity contribution is -0.132. The van der Waals surface area contributed by atoms with E-state index in [2.05, 4.69) is 20.2 Å². The number of piperazine rings is 1. The van der Waals surface area contributed by atoms with Crippen LogP contribution in [-0.4, -0.2) is 56.5 Å². The number of carbonyl (C=O) groups is 1. The van der Waals surface area contributed by atoms with Crippen LogP contribution in [0, 0.1) is 13.8 Å². The van der Waals surface area contributed by atoms with Crippen LogP contribution in [0.2, 0.25) is 0 Å². The van der Waals surface area contributed by atoms with Crippen molar-refractivity contribution in [3.05, 3.63) is 82.5 Å². The zero-order chi connectivity index (χ0) is 24.4. The van der Waals surface area contributed by atoms with Crippen LogP contribution in [-0.2, 0) is 11.3 Å². The van der Waals surface area contributed by atoms with Crippen LogP contribution >= 0.6 is 0 Å². The summed E-state index contributed by atoms with van der Waals surface area (Å²) in [7, 11) is 0. The van der Waals surface area contributed by atoms with Crippen molar-refractivity contribution in [3.8, 4) is 0 Å². The standard InChI is InChI=1S/C26H27N7O2/c1-18-7-9-20(10-8-18)29-26-28-19(2)15-23(30-26)31-11-13-32(14-12-31)24(34)16-33-17-27-22-6-4-3-5-21(22)25(33)35/h3-10,15,17H,11-14,16H2,1-2H3,(H,28,29,30). The van der Waals surface area contributed by atoms with Crippen LogP contribution in [0.5, 0.6) is 0 Å². The molecule has 0 radical (unpaired) electrons. The lowest BCUT2D eigenvalue weighted by Crippen LogP contribution is -2.50. The molecule has 9 nitrogen and oxygen atoms in total. The maximum Gasteiger partial charge on any atom is 0.261 e. The molecule has 9 heteroatoms. The van der Waals surface area contributed by atoms with Crippen molar-refractivity contribution in [2.24, 2.45) is 0 Å². The van der Waals surface area contributed by atoms with E-state index < -0.39 is 0 Å². The Bertz CT molecular complexity index is 1420. The van der Waals surface area contributed by atoms with Gasteiger partial charge in [0.1, 0.15) is 12.4 Å². The zero-order valence-electron chi connectivity index (χ0n) is 19.8. The molecule has 4 aromatic rings. The number of aromatic nitrogens is 4. The Kier molecular flexibility index (Phi) is 6.13. The van der Waals surface area contributed by atoms with Crippen LogP contribution in [0.3, 0.4) is 0 Å². The lowest BCUT2D eigenvalue weighted by Gasteiger charge is -2.35. The molecular weight excluding hydrogens is 442 g/mol. The summed E-state index contributed by atoms with van der Waals surface area (Å²) >= 11 is 0. The van der Waals surface area contributed by atoms with Gasteiger partial charge in [0.25, 0.3) is 5.56 Å². The fourth-order valence-corrected chi connectivity index (χ4v) is 4.19. The minimum Gasteiger partial charge on any atom is -0.353 e. The monoisotopic (exact) mass is 469 g/mol. The van der Waals surface area contributed by atoms with E-state index in [-0.39, 0.29) is 18.0 Å². The molecule has 0 bridgehead atoms. The number of nitrogens with zero attached hydrogens (tertiary/aromatic N) is 6. The Morgan fingerprint density at radius 2 is 1.71 bits per heavy atom. The van der Waals surface area contributed by atoms with Gasteiger partial charge in [0.05, 0.1) is 17.2 Å². The molecule has 0 atom stereocenters. The van der Waals surface area contributed by atoms with Gasteiger partial charge in [-0.1, -0.05) is 29.8 Å². The number of fused-ring (bicyclic) bond motifs is 1. The van der Waals surface area contributed by atoms with Gasteiger partial charge in [0, 0.05) is 43.6 Å². The van der Waals surface area contributed by atoms with E-state index in [4.69, 9.17) is 4.98 Å². The molecule has 1 N–H and O–H groups in total. The Morgan fingerprint density at radius 3 is 2.49 bits per heavy atom. The van der Waals surface area contributed by atoms with Crippen LogP contribution < -0.4 is 15.8 Å². The molecule has 178 valence electrons. The normalized spacial score (nSPS) is 13.8. The molecule has 1 aliphatic rings. The van der Waals surface area contributed by atoms with Crippen LogP contribution in [0.1, 0.15) is 11.3 Å². The van der Waals surface area contributed by atoms with E-state index >= 15 is 0 Å². The number of benzene rings is 2. The number of carbonyl (C=O) groups excluding carboxylic acids is 1. The molecule has 1 amide bonds. The average molecular weight is 470 g/mol.